The number of carboxylic acid groups (broad SMARTS) is 3. The predicted octanol–water partition coefficient (Wildman–Crippen LogP) is -3.24. The molecular formula is C38H64N8O15. The van der Waals surface area contributed by atoms with E-state index in [2.05, 4.69) is 26.6 Å². The number of aliphatic carboxylic acids is 3. The zero-order valence-electron chi connectivity index (χ0n) is 35.6. The quantitative estimate of drug-likeness (QED) is 0.0406. The second kappa shape index (κ2) is 25.4. The topological polar surface area (TPSA) is 373 Å². The lowest BCUT2D eigenvalue weighted by Crippen LogP contribution is -2.61. The Kier molecular flexibility index (Phi) is 22.3. The van der Waals surface area contributed by atoms with Crippen LogP contribution >= 0.6 is 0 Å². The highest BCUT2D eigenvalue weighted by atomic mass is 16.4. The van der Waals surface area contributed by atoms with Gasteiger partial charge in [0.15, 0.2) is 6.04 Å². The molecule has 23 nitrogen and oxygen atoms in total. The van der Waals surface area contributed by atoms with Crippen LogP contribution in [0.2, 0.25) is 0 Å². The molecule has 0 aromatic heterocycles. The highest BCUT2D eigenvalue weighted by Gasteiger charge is 2.41. The number of carbonyl (C=O) groups is 10. The van der Waals surface area contributed by atoms with Crippen LogP contribution in [0.25, 0.3) is 0 Å². The number of aliphatic hydroxyl groups excluding tert-OH is 2. The van der Waals surface area contributed by atoms with Crippen molar-refractivity contribution in [2.24, 2.45) is 23.5 Å². The SMILES string of the molecule is CC[C@H](C)[C@H](NC(=O)[C@@H](N)CCC(=O)O)C(=O)N[C@@H](CC(C)C)C(=O)N[C@@H](CC(=O)O)C(=O)N[C@H](C(=O)N1CCC[C@H]1C(=O)N[C@@H](CO)C(=O)N[C@H](C(=O)O)[C@@H](C)O)C(C)C. The molecule has 23 heteroatoms. The third kappa shape index (κ3) is 17.2. The van der Waals surface area contributed by atoms with E-state index in [1.807, 2.05) is 5.32 Å². The van der Waals surface area contributed by atoms with Crippen molar-refractivity contribution < 1.29 is 73.5 Å². The highest BCUT2D eigenvalue weighted by Crippen LogP contribution is 2.21. The van der Waals surface area contributed by atoms with Crippen LogP contribution in [-0.2, 0) is 47.9 Å². The Labute approximate surface area is 353 Å². The van der Waals surface area contributed by atoms with Gasteiger partial charge in [0.05, 0.1) is 25.2 Å². The monoisotopic (exact) mass is 872 g/mol. The Morgan fingerprint density at radius 3 is 1.72 bits per heavy atom. The Morgan fingerprint density at radius 2 is 1.23 bits per heavy atom. The lowest BCUT2D eigenvalue weighted by Gasteiger charge is -2.32. The van der Waals surface area contributed by atoms with E-state index in [1.165, 1.54) is 0 Å². The van der Waals surface area contributed by atoms with Crippen molar-refractivity contribution in [2.75, 3.05) is 13.2 Å². The van der Waals surface area contributed by atoms with Crippen molar-refractivity contribution in [1.29, 1.82) is 0 Å². The number of hydrogen-bond acceptors (Lipinski definition) is 13. The summed E-state index contributed by atoms with van der Waals surface area (Å²) in [4.78, 5) is 129. The summed E-state index contributed by atoms with van der Waals surface area (Å²) in [6.07, 6.45) is -2.26. The average Bonchev–Trinajstić information content (AvgIpc) is 3.67. The van der Waals surface area contributed by atoms with Crippen LogP contribution in [0.3, 0.4) is 0 Å². The van der Waals surface area contributed by atoms with Crippen molar-refractivity contribution in [1.82, 2.24) is 36.8 Å². The minimum Gasteiger partial charge on any atom is -0.481 e. The maximum absolute atomic E-state index is 14.0. The number of nitrogens with zero attached hydrogens (tertiary/aromatic N) is 1. The van der Waals surface area contributed by atoms with Crippen molar-refractivity contribution in [2.45, 2.75) is 148 Å². The van der Waals surface area contributed by atoms with Crippen LogP contribution in [0.15, 0.2) is 0 Å². The Balaban J connectivity index is 3.27. The van der Waals surface area contributed by atoms with Crippen LogP contribution < -0.4 is 37.6 Å². The average molecular weight is 873 g/mol. The molecule has 1 aliphatic rings. The Hall–Kier alpha value is -5.42. The molecule has 0 aliphatic carbocycles. The molecule has 0 radical (unpaired) electrons. The first-order valence-electron chi connectivity index (χ1n) is 20.2. The molecule has 1 saturated heterocycles. The van der Waals surface area contributed by atoms with Crippen LogP contribution in [-0.4, -0.2) is 157 Å². The summed E-state index contributed by atoms with van der Waals surface area (Å²) in [6, 6.07) is -11.6. The van der Waals surface area contributed by atoms with E-state index in [9.17, 15) is 68.4 Å². The normalized spacial score (nSPS) is 18.2. The lowest BCUT2D eigenvalue weighted by molar-refractivity contribution is -0.146. The van der Waals surface area contributed by atoms with Gasteiger partial charge in [-0.1, -0.05) is 48.0 Å². The number of carboxylic acids is 3. The Morgan fingerprint density at radius 1 is 0.689 bits per heavy atom. The van der Waals surface area contributed by atoms with E-state index in [0.29, 0.717) is 12.8 Å². The summed E-state index contributed by atoms with van der Waals surface area (Å²) in [6.45, 7) is 10.2. The fourth-order valence-corrected chi connectivity index (χ4v) is 6.35. The summed E-state index contributed by atoms with van der Waals surface area (Å²) in [5.41, 5.74) is 5.84. The van der Waals surface area contributed by atoms with Crippen LogP contribution in [0.5, 0.6) is 0 Å². The number of aliphatic hydroxyl groups is 2. The van der Waals surface area contributed by atoms with Crippen molar-refractivity contribution >= 4 is 59.3 Å². The molecule has 1 fully saturated rings. The standard InChI is InChI=1S/C38H64N8O15/c1-8-19(6)29(44-31(53)21(39)11-12-26(49)50)36(58)41-22(14-17(2)3)32(54)40-23(15-27(51)52)33(55)43-28(18(4)5)37(59)46-13-9-10-25(46)35(57)42-24(16-47)34(56)45-30(20(7)48)38(60)61/h17-25,28-30,47-48H,8-16,39H2,1-7H3,(H,40,54)(H,41,58)(H,42,57)(H,43,55)(H,44,53)(H,45,56)(H,49,50)(H,51,52)(H,60,61)/t19-,20+,21-,22-,23-,24-,25-,28-,29-,30-/m0/s1. The summed E-state index contributed by atoms with van der Waals surface area (Å²) >= 11 is 0. The molecule has 346 valence electrons. The molecule has 0 bridgehead atoms. The van der Waals surface area contributed by atoms with Crippen LogP contribution in [0.4, 0.5) is 0 Å². The second-order valence-electron chi connectivity index (χ2n) is 16.0. The van der Waals surface area contributed by atoms with Gasteiger partial charge < -0.3 is 68.1 Å². The van der Waals surface area contributed by atoms with Gasteiger partial charge in [-0.2, -0.15) is 0 Å². The molecule has 0 aromatic rings. The largest absolute Gasteiger partial charge is 0.481 e. The number of amides is 7. The number of rotatable bonds is 26. The molecule has 13 N–H and O–H groups in total. The molecule has 0 spiro atoms. The summed E-state index contributed by atoms with van der Waals surface area (Å²) < 4.78 is 0. The molecule has 0 unspecified atom stereocenters. The van der Waals surface area contributed by atoms with Gasteiger partial charge in [-0.3, -0.25) is 43.2 Å². The number of likely N-dealkylation sites (tertiary alicyclic amines) is 1. The summed E-state index contributed by atoms with van der Waals surface area (Å²) in [7, 11) is 0. The summed E-state index contributed by atoms with van der Waals surface area (Å²) in [5.74, 6) is -12.0. The number of hydrogen-bond donors (Lipinski definition) is 12. The molecule has 10 atom stereocenters. The third-order valence-corrected chi connectivity index (χ3v) is 10.1. The van der Waals surface area contributed by atoms with Gasteiger partial charge >= 0.3 is 17.9 Å². The van der Waals surface area contributed by atoms with E-state index in [1.54, 1.807) is 41.5 Å². The first kappa shape index (κ1) is 53.6. The number of carbonyl (C=O) groups excluding carboxylic acids is 7. The fourth-order valence-electron chi connectivity index (χ4n) is 6.35. The smallest absolute Gasteiger partial charge is 0.328 e. The van der Waals surface area contributed by atoms with Gasteiger partial charge in [0, 0.05) is 13.0 Å². The summed E-state index contributed by atoms with van der Waals surface area (Å²) in [5, 5.41) is 61.7. The molecule has 0 saturated carbocycles. The number of nitrogens with two attached hydrogens (primary N) is 1. The third-order valence-electron chi connectivity index (χ3n) is 10.1. The predicted molar refractivity (Wildman–Crippen MR) is 214 cm³/mol. The van der Waals surface area contributed by atoms with Crippen molar-refractivity contribution in [3.8, 4) is 0 Å². The van der Waals surface area contributed by atoms with Gasteiger partial charge in [-0.05, 0) is 50.4 Å². The van der Waals surface area contributed by atoms with E-state index < -0.39 is 145 Å². The van der Waals surface area contributed by atoms with E-state index in [-0.39, 0.29) is 31.7 Å². The molecule has 7 amide bonds. The first-order valence-corrected chi connectivity index (χ1v) is 20.2. The zero-order chi connectivity index (χ0) is 46.9. The molecule has 1 heterocycles. The highest BCUT2D eigenvalue weighted by molar-refractivity contribution is 5.98. The molecule has 1 rings (SSSR count). The lowest BCUT2D eigenvalue weighted by atomic mass is 9.96. The molecular weight excluding hydrogens is 808 g/mol. The van der Waals surface area contributed by atoms with E-state index in [4.69, 9.17) is 10.8 Å². The molecule has 1 aliphatic heterocycles. The second-order valence-corrected chi connectivity index (χ2v) is 16.0. The Bertz CT molecular complexity index is 1590. The zero-order valence-corrected chi connectivity index (χ0v) is 35.6. The van der Waals surface area contributed by atoms with Crippen LogP contribution in [0.1, 0.15) is 93.4 Å². The van der Waals surface area contributed by atoms with E-state index >= 15 is 0 Å². The van der Waals surface area contributed by atoms with Gasteiger partial charge in [0.2, 0.25) is 41.4 Å². The minimum absolute atomic E-state index is 0.00327. The van der Waals surface area contributed by atoms with Crippen LogP contribution in [0, 0.1) is 17.8 Å². The molecule has 0 aromatic carbocycles. The number of nitrogens with one attached hydrogen (secondary N) is 6. The maximum atomic E-state index is 14.0. The fraction of sp³-hybridized carbons (Fsp3) is 0.737. The van der Waals surface area contributed by atoms with E-state index in [0.717, 1.165) is 11.8 Å². The first-order chi connectivity index (χ1) is 28.4. The van der Waals surface area contributed by atoms with Crippen molar-refractivity contribution in [3.05, 3.63) is 0 Å². The van der Waals surface area contributed by atoms with Gasteiger partial charge in [-0.25, -0.2) is 4.79 Å². The van der Waals surface area contributed by atoms with Gasteiger partial charge in [0.1, 0.15) is 36.3 Å². The van der Waals surface area contributed by atoms with Gasteiger partial charge in [0.25, 0.3) is 0 Å². The van der Waals surface area contributed by atoms with Gasteiger partial charge in [-0.15, -0.1) is 0 Å². The minimum atomic E-state index is -1.78. The maximum Gasteiger partial charge on any atom is 0.328 e. The molecule has 61 heavy (non-hydrogen) atoms. The van der Waals surface area contributed by atoms with Crippen molar-refractivity contribution in [3.63, 3.8) is 0 Å².